The first kappa shape index (κ1) is 13.1. The first-order valence-electron chi connectivity index (χ1n) is 6.73. The predicted molar refractivity (Wildman–Crippen MR) is 78.1 cm³/mol. The lowest BCUT2D eigenvalue weighted by atomic mass is 10.1. The number of ether oxygens (including phenoxy) is 1. The second kappa shape index (κ2) is 6.05. The standard InChI is InChI=1S/C15H16N2O2S/c18-15(13-4-3-11-20-13)17-9-6-12(7-10-17)19-14-5-1-2-8-16-14/h1-5,8,11-12H,6-7,9-10H2. The number of carbonyl (C=O) groups is 1. The first-order chi connectivity index (χ1) is 9.83. The summed E-state index contributed by atoms with van der Waals surface area (Å²) in [5.74, 6) is 0.798. The number of carbonyl (C=O) groups excluding carboxylic acids is 1. The Kier molecular flexibility index (Phi) is 3.97. The van der Waals surface area contributed by atoms with Crippen LogP contribution in [0.25, 0.3) is 0 Å². The van der Waals surface area contributed by atoms with Crippen LogP contribution >= 0.6 is 11.3 Å². The van der Waals surface area contributed by atoms with Crippen LogP contribution in [0, 0.1) is 0 Å². The van der Waals surface area contributed by atoms with Crippen molar-refractivity contribution >= 4 is 17.2 Å². The van der Waals surface area contributed by atoms with Crippen molar-refractivity contribution in [1.82, 2.24) is 9.88 Å². The second-order valence-electron chi connectivity index (χ2n) is 4.75. The molecule has 0 N–H and O–H groups in total. The zero-order valence-electron chi connectivity index (χ0n) is 11.1. The molecular formula is C15H16N2O2S. The molecule has 5 heteroatoms. The zero-order chi connectivity index (χ0) is 13.8. The minimum atomic E-state index is 0.135. The van der Waals surface area contributed by atoms with Gasteiger partial charge in [0.15, 0.2) is 0 Å². The number of nitrogens with zero attached hydrogens (tertiary/aromatic N) is 2. The van der Waals surface area contributed by atoms with Crippen LogP contribution in [0.4, 0.5) is 0 Å². The summed E-state index contributed by atoms with van der Waals surface area (Å²) >= 11 is 1.50. The summed E-state index contributed by atoms with van der Waals surface area (Å²) in [7, 11) is 0. The minimum absolute atomic E-state index is 0.135. The lowest BCUT2D eigenvalue weighted by molar-refractivity contribution is 0.0592. The van der Waals surface area contributed by atoms with Gasteiger partial charge in [0.05, 0.1) is 4.88 Å². The van der Waals surface area contributed by atoms with Gasteiger partial charge in [0.1, 0.15) is 6.10 Å². The van der Waals surface area contributed by atoms with E-state index >= 15 is 0 Å². The molecule has 0 aliphatic carbocycles. The molecule has 104 valence electrons. The molecule has 4 nitrogen and oxygen atoms in total. The van der Waals surface area contributed by atoms with E-state index in [4.69, 9.17) is 4.74 Å². The van der Waals surface area contributed by atoms with Crippen LogP contribution in [0.1, 0.15) is 22.5 Å². The number of rotatable bonds is 3. The van der Waals surface area contributed by atoms with Crippen molar-refractivity contribution in [2.45, 2.75) is 18.9 Å². The molecule has 1 amide bonds. The van der Waals surface area contributed by atoms with Crippen molar-refractivity contribution in [1.29, 1.82) is 0 Å². The smallest absolute Gasteiger partial charge is 0.263 e. The average molecular weight is 288 g/mol. The largest absolute Gasteiger partial charge is 0.474 e. The normalized spacial score (nSPS) is 16.1. The fraction of sp³-hybridized carbons (Fsp3) is 0.333. The molecular weight excluding hydrogens is 272 g/mol. The highest BCUT2D eigenvalue weighted by atomic mass is 32.1. The second-order valence-corrected chi connectivity index (χ2v) is 5.70. The molecule has 1 fully saturated rings. The molecule has 0 spiro atoms. The van der Waals surface area contributed by atoms with E-state index in [1.165, 1.54) is 11.3 Å². The fourth-order valence-corrected chi connectivity index (χ4v) is 3.01. The van der Waals surface area contributed by atoms with Gasteiger partial charge in [0, 0.05) is 38.2 Å². The van der Waals surface area contributed by atoms with Crippen molar-refractivity contribution in [2.75, 3.05) is 13.1 Å². The highest BCUT2D eigenvalue weighted by Gasteiger charge is 2.25. The van der Waals surface area contributed by atoms with Gasteiger partial charge < -0.3 is 9.64 Å². The van der Waals surface area contributed by atoms with Crippen molar-refractivity contribution in [3.63, 3.8) is 0 Å². The molecule has 2 aromatic rings. The molecule has 1 aliphatic rings. The summed E-state index contributed by atoms with van der Waals surface area (Å²) in [5, 5.41) is 1.93. The van der Waals surface area contributed by atoms with E-state index in [0.717, 1.165) is 30.8 Å². The SMILES string of the molecule is O=C(c1cccs1)N1CCC(Oc2ccccn2)CC1. The van der Waals surface area contributed by atoms with E-state index < -0.39 is 0 Å². The Morgan fingerprint density at radius 2 is 2.10 bits per heavy atom. The Morgan fingerprint density at radius 1 is 1.25 bits per heavy atom. The maximum Gasteiger partial charge on any atom is 0.263 e. The number of hydrogen-bond donors (Lipinski definition) is 0. The molecule has 0 bridgehead atoms. The van der Waals surface area contributed by atoms with Gasteiger partial charge in [-0.2, -0.15) is 0 Å². The Bertz CT molecular complexity index is 549. The Hall–Kier alpha value is -1.88. The van der Waals surface area contributed by atoms with Crippen molar-refractivity contribution in [2.24, 2.45) is 0 Å². The summed E-state index contributed by atoms with van der Waals surface area (Å²) in [5.41, 5.74) is 0. The number of thiophene rings is 1. The van der Waals surface area contributed by atoms with Crippen LogP contribution in [0.5, 0.6) is 5.88 Å². The molecule has 0 atom stereocenters. The molecule has 3 rings (SSSR count). The van der Waals surface area contributed by atoms with Crippen molar-refractivity contribution in [3.05, 3.63) is 46.8 Å². The van der Waals surface area contributed by atoms with E-state index in [0.29, 0.717) is 5.88 Å². The maximum atomic E-state index is 12.2. The summed E-state index contributed by atoms with van der Waals surface area (Å²) in [4.78, 5) is 19.1. The number of amides is 1. The van der Waals surface area contributed by atoms with Crippen LogP contribution in [0.2, 0.25) is 0 Å². The van der Waals surface area contributed by atoms with E-state index in [1.54, 1.807) is 6.20 Å². The van der Waals surface area contributed by atoms with E-state index in [-0.39, 0.29) is 12.0 Å². The lowest BCUT2D eigenvalue weighted by Crippen LogP contribution is -2.41. The molecule has 20 heavy (non-hydrogen) atoms. The molecule has 3 heterocycles. The summed E-state index contributed by atoms with van der Waals surface area (Å²) in [6.07, 6.45) is 3.59. The van der Waals surface area contributed by atoms with E-state index in [9.17, 15) is 4.79 Å². The summed E-state index contributed by atoms with van der Waals surface area (Å²) in [6, 6.07) is 9.44. The highest BCUT2D eigenvalue weighted by Crippen LogP contribution is 2.20. The Labute approximate surface area is 122 Å². The van der Waals surface area contributed by atoms with Crippen molar-refractivity contribution in [3.8, 4) is 5.88 Å². The van der Waals surface area contributed by atoms with Gasteiger partial charge in [-0.3, -0.25) is 4.79 Å². The maximum absolute atomic E-state index is 12.2. The summed E-state index contributed by atoms with van der Waals surface area (Å²) < 4.78 is 5.83. The topological polar surface area (TPSA) is 42.4 Å². The number of pyridine rings is 1. The third kappa shape index (κ3) is 2.99. The van der Waals surface area contributed by atoms with Gasteiger partial charge in [0.25, 0.3) is 5.91 Å². The summed E-state index contributed by atoms with van der Waals surface area (Å²) in [6.45, 7) is 1.49. The van der Waals surface area contributed by atoms with Gasteiger partial charge in [-0.1, -0.05) is 12.1 Å². The van der Waals surface area contributed by atoms with Crippen LogP contribution in [-0.4, -0.2) is 35.0 Å². The molecule has 0 aromatic carbocycles. The molecule has 0 saturated carbocycles. The van der Waals surface area contributed by atoms with Crippen LogP contribution in [0.3, 0.4) is 0 Å². The third-order valence-electron chi connectivity index (χ3n) is 3.39. The van der Waals surface area contributed by atoms with Gasteiger partial charge >= 0.3 is 0 Å². The molecule has 0 radical (unpaired) electrons. The third-order valence-corrected chi connectivity index (χ3v) is 4.24. The monoisotopic (exact) mass is 288 g/mol. The van der Waals surface area contributed by atoms with Gasteiger partial charge in [-0.15, -0.1) is 11.3 Å². The Balaban J connectivity index is 1.53. The number of hydrogen-bond acceptors (Lipinski definition) is 4. The average Bonchev–Trinajstić information content (AvgIpc) is 3.03. The zero-order valence-corrected chi connectivity index (χ0v) is 11.9. The number of likely N-dealkylation sites (tertiary alicyclic amines) is 1. The predicted octanol–water partition coefficient (Wildman–Crippen LogP) is 2.83. The highest BCUT2D eigenvalue weighted by molar-refractivity contribution is 7.12. The van der Waals surface area contributed by atoms with Crippen molar-refractivity contribution < 1.29 is 9.53 Å². The van der Waals surface area contributed by atoms with Gasteiger partial charge in [0.2, 0.25) is 5.88 Å². The first-order valence-corrected chi connectivity index (χ1v) is 7.61. The van der Waals surface area contributed by atoms with E-state index in [2.05, 4.69) is 4.98 Å². The fourth-order valence-electron chi connectivity index (χ4n) is 2.32. The number of aromatic nitrogens is 1. The molecule has 0 unspecified atom stereocenters. The molecule has 1 aliphatic heterocycles. The molecule has 2 aromatic heterocycles. The van der Waals surface area contributed by atoms with E-state index in [1.807, 2.05) is 40.6 Å². The van der Waals surface area contributed by atoms with Crippen LogP contribution in [0.15, 0.2) is 41.9 Å². The quantitative estimate of drug-likeness (QED) is 0.872. The van der Waals surface area contributed by atoms with Crippen LogP contribution < -0.4 is 4.74 Å². The van der Waals surface area contributed by atoms with Gasteiger partial charge in [-0.05, 0) is 17.5 Å². The lowest BCUT2D eigenvalue weighted by Gasteiger charge is -2.31. The molecule has 1 saturated heterocycles. The minimum Gasteiger partial charge on any atom is -0.474 e. The Morgan fingerprint density at radius 3 is 2.75 bits per heavy atom. The number of piperidine rings is 1. The van der Waals surface area contributed by atoms with Crippen LogP contribution in [-0.2, 0) is 0 Å². The van der Waals surface area contributed by atoms with Gasteiger partial charge in [-0.25, -0.2) is 4.98 Å².